The van der Waals surface area contributed by atoms with Gasteiger partial charge in [-0.05, 0) is 47.9 Å². The fourth-order valence-electron chi connectivity index (χ4n) is 1.98. The van der Waals surface area contributed by atoms with Crippen LogP contribution in [-0.4, -0.2) is 8.42 Å². The van der Waals surface area contributed by atoms with Gasteiger partial charge in [-0.2, -0.15) is 13.7 Å². The Morgan fingerprint density at radius 2 is 2.00 bits per heavy atom. The van der Waals surface area contributed by atoms with Crippen LogP contribution in [0.4, 0.5) is 0 Å². The Bertz CT molecular complexity index is 826. The van der Waals surface area contributed by atoms with E-state index < -0.39 is 10.1 Å². The summed E-state index contributed by atoms with van der Waals surface area (Å²) in [6.45, 7) is 1.92. The maximum absolute atomic E-state index is 12.1. The van der Waals surface area contributed by atoms with Crippen molar-refractivity contribution in [3.63, 3.8) is 0 Å². The molecule has 0 aromatic heterocycles. The van der Waals surface area contributed by atoms with Gasteiger partial charge in [0.1, 0.15) is 11.5 Å². The lowest BCUT2D eigenvalue weighted by Crippen LogP contribution is -2.12. The van der Waals surface area contributed by atoms with E-state index in [1.807, 2.05) is 13.0 Å². The summed E-state index contributed by atoms with van der Waals surface area (Å²) < 4.78 is 29.3. The highest BCUT2D eigenvalue weighted by atomic mass is 35.5. The second kappa shape index (κ2) is 6.82. The lowest BCUT2D eigenvalue weighted by Gasteiger charge is -2.09. The molecule has 0 saturated heterocycles. The summed E-state index contributed by atoms with van der Waals surface area (Å²) >= 11 is 6.00. The van der Waals surface area contributed by atoms with Crippen molar-refractivity contribution in [2.75, 3.05) is 0 Å². The Labute approximate surface area is 135 Å². The summed E-state index contributed by atoms with van der Waals surface area (Å²) in [6, 6.07) is 13.1. The Kier molecular flexibility index (Phi) is 5.07. The molecule has 0 heterocycles. The Hall–Kier alpha value is -2.03. The maximum atomic E-state index is 12.1. The van der Waals surface area contributed by atoms with Crippen molar-refractivity contribution in [1.82, 2.24) is 0 Å². The number of nitrogens with zero attached hydrogens (tertiary/aromatic N) is 1. The van der Waals surface area contributed by atoms with E-state index in [0.717, 1.165) is 5.56 Å². The Morgan fingerprint density at radius 1 is 1.23 bits per heavy atom. The summed E-state index contributed by atoms with van der Waals surface area (Å²) in [4.78, 5) is 0. The monoisotopic (exact) mass is 335 g/mol. The normalized spacial score (nSPS) is 11.0. The molecule has 0 aliphatic heterocycles. The third-order valence-corrected chi connectivity index (χ3v) is 4.52. The number of hydrogen-bond acceptors (Lipinski definition) is 4. The zero-order chi connectivity index (χ0) is 16.2. The second-order valence-electron chi connectivity index (χ2n) is 4.70. The van der Waals surface area contributed by atoms with E-state index >= 15 is 0 Å². The van der Waals surface area contributed by atoms with E-state index in [4.69, 9.17) is 21.0 Å². The van der Waals surface area contributed by atoms with E-state index in [0.29, 0.717) is 22.6 Å². The number of benzene rings is 2. The van der Waals surface area contributed by atoms with Gasteiger partial charge in [0.15, 0.2) is 0 Å². The van der Waals surface area contributed by atoms with Crippen molar-refractivity contribution in [2.45, 2.75) is 19.1 Å². The average Bonchev–Trinajstić information content (AvgIpc) is 2.48. The maximum Gasteiger partial charge on any atom is 0.313 e. The molecule has 0 aliphatic rings. The van der Waals surface area contributed by atoms with Gasteiger partial charge in [0.2, 0.25) is 0 Å². The first-order valence-electron chi connectivity index (χ1n) is 6.63. The van der Waals surface area contributed by atoms with Gasteiger partial charge >= 0.3 is 10.1 Å². The molecule has 0 aliphatic carbocycles. The highest BCUT2D eigenvalue weighted by Crippen LogP contribution is 2.24. The van der Waals surface area contributed by atoms with Crippen LogP contribution in [0.1, 0.15) is 23.6 Å². The standard InChI is InChI=1S/C16H14ClNO3S/c1-2-14-9-15(6-7-16(14)17)21-22(19,20)11-13-5-3-4-12(8-13)10-18/h3-9H,2,11H2,1H3. The molecule has 0 unspecified atom stereocenters. The molecule has 0 atom stereocenters. The van der Waals surface area contributed by atoms with E-state index in [1.165, 1.54) is 12.1 Å². The molecule has 6 heteroatoms. The molecule has 0 N–H and O–H groups in total. The molecule has 0 spiro atoms. The first-order chi connectivity index (χ1) is 10.4. The van der Waals surface area contributed by atoms with Crippen molar-refractivity contribution < 1.29 is 12.6 Å². The van der Waals surface area contributed by atoms with E-state index in [-0.39, 0.29) is 11.5 Å². The fraction of sp³-hybridized carbons (Fsp3) is 0.188. The van der Waals surface area contributed by atoms with E-state index in [9.17, 15) is 8.42 Å². The van der Waals surface area contributed by atoms with Crippen molar-refractivity contribution in [1.29, 1.82) is 5.26 Å². The quantitative estimate of drug-likeness (QED) is 0.782. The fourth-order valence-corrected chi connectivity index (χ4v) is 3.28. The smallest absolute Gasteiger partial charge is 0.313 e. The van der Waals surface area contributed by atoms with Crippen LogP contribution in [0.15, 0.2) is 42.5 Å². The van der Waals surface area contributed by atoms with Crippen molar-refractivity contribution in [3.8, 4) is 11.8 Å². The molecule has 4 nitrogen and oxygen atoms in total. The van der Waals surface area contributed by atoms with Crippen LogP contribution in [-0.2, 0) is 22.3 Å². The molecule has 2 aromatic carbocycles. The SMILES string of the molecule is CCc1cc(OS(=O)(=O)Cc2cccc(C#N)c2)ccc1Cl. The van der Waals surface area contributed by atoms with Crippen LogP contribution in [0, 0.1) is 11.3 Å². The van der Waals surface area contributed by atoms with Crippen LogP contribution in [0.5, 0.6) is 5.75 Å². The molecular formula is C16H14ClNO3S. The minimum Gasteiger partial charge on any atom is -0.382 e. The predicted molar refractivity (Wildman–Crippen MR) is 85.2 cm³/mol. The molecular weight excluding hydrogens is 322 g/mol. The van der Waals surface area contributed by atoms with Crippen LogP contribution < -0.4 is 4.18 Å². The number of rotatable bonds is 5. The van der Waals surface area contributed by atoms with E-state index in [1.54, 1.807) is 30.3 Å². The van der Waals surface area contributed by atoms with Gasteiger partial charge in [0.25, 0.3) is 0 Å². The van der Waals surface area contributed by atoms with Gasteiger partial charge in [-0.15, -0.1) is 0 Å². The molecule has 0 bridgehead atoms. The first kappa shape index (κ1) is 16.3. The Morgan fingerprint density at radius 3 is 2.68 bits per heavy atom. The molecule has 0 amide bonds. The van der Waals surface area contributed by atoms with Gasteiger partial charge in [-0.1, -0.05) is 30.7 Å². The van der Waals surface area contributed by atoms with Crippen LogP contribution in [0.25, 0.3) is 0 Å². The van der Waals surface area contributed by atoms with Crippen LogP contribution >= 0.6 is 11.6 Å². The highest BCUT2D eigenvalue weighted by molar-refractivity contribution is 7.86. The lowest BCUT2D eigenvalue weighted by molar-refractivity contribution is 0.485. The van der Waals surface area contributed by atoms with Crippen molar-refractivity contribution in [2.24, 2.45) is 0 Å². The minimum absolute atomic E-state index is 0.234. The lowest BCUT2D eigenvalue weighted by atomic mass is 10.2. The number of hydrogen-bond donors (Lipinski definition) is 0. The highest BCUT2D eigenvalue weighted by Gasteiger charge is 2.15. The summed E-state index contributed by atoms with van der Waals surface area (Å²) in [7, 11) is -3.80. The molecule has 2 aromatic rings. The molecule has 22 heavy (non-hydrogen) atoms. The largest absolute Gasteiger partial charge is 0.382 e. The zero-order valence-electron chi connectivity index (χ0n) is 11.9. The molecule has 0 saturated carbocycles. The summed E-state index contributed by atoms with van der Waals surface area (Å²) in [5.41, 5.74) is 1.73. The number of halogens is 1. The zero-order valence-corrected chi connectivity index (χ0v) is 13.5. The van der Waals surface area contributed by atoms with Crippen molar-refractivity contribution >= 4 is 21.7 Å². The number of nitriles is 1. The van der Waals surface area contributed by atoms with Gasteiger partial charge < -0.3 is 4.18 Å². The van der Waals surface area contributed by atoms with Crippen LogP contribution in [0.3, 0.4) is 0 Å². The molecule has 0 radical (unpaired) electrons. The Balaban J connectivity index is 2.19. The molecule has 2 rings (SSSR count). The average molecular weight is 336 g/mol. The summed E-state index contributed by atoms with van der Waals surface area (Å²) in [6.07, 6.45) is 0.681. The third kappa shape index (κ3) is 4.23. The van der Waals surface area contributed by atoms with Gasteiger partial charge in [-0.25, -0.2) is 0 Å². The van der Waals surface area contributed by atoms with E-state index in [2.05, 4.69) is 0 Å². The third-order valence-electron chi connectivity index (χ3n) is 3.02. The predicted octanol–water partition coefficient (Wildman–Crippen LogP) is 3.68. The minimum atomic E-state index is -3.80. The summed E-state index contributed by atoms with van der Waals surface area (Å²) in [5.74, 6) is -0.0650. The number of aryl methyl sites for hydroxylation is 1. The topological polar surface area (TPSA) is 67.2 Å². The second-order valence-corrected chi connectivity index (χ2v) is 6.68. The van der Waals surface area contributed by atoms with Gasteiger partial charge in [0.05, 0.1) is 11.6 Å². The van der Waals surface area contributed by atoms with Gasteiger partial charge in [0, 0.05) is 5.02 Å². The van der Waals surface area contributed by atoms with Gasteiger partial charge in [-0.3, -0.25) is 0 Å². The van der Waals surface area contributed by atoms with Crippen LogP contribution in [0.2, 0.25) is 5.02 Å². The van der Waals surface area contributed by atoms with Crippen molar-refractivity contribution in [3.05, 3.63) is 64.2 Å². The molecule has 0 fully saturated rings. The first-order valence-corrected chi connectivity index (χ1v) is 8.58. The molecule has 114 valence electrons. The summed E-state index contributed by atoms with van der Waals surface area (Å²) in [5, 5.41) is 9.41.